The maximum absolute atomic E-state index is 13.0. The highest BCUT2D eigenvalue weighted by Gasteiger charge is 2.31. The minimum atomic E-state index is -1.25. The lowest BCUT2D eigenvalue weighted by atomic mass is 10.0. The smallest absolute Gasteiger partial charge is 0.326 e. The van der Waals surface area contributed by atoms with Crippen LogP contribution in [-0.4, -0.2) is 88.6 Å². The molecule has 0 rings (SSSR count). The number of nitrogens with zero attached hydrogens (tertiary/aromatic N) is 1. The van der Waals surface area contributed by atoms with Crippen molar-refractivity contribution < 1.29 is 34.2 Å². The van der Waals surface area contributed by atoms with Gasteiger partial charge < -0.3 is 43.4 Å². The number of guanidine groups is 1. The quantitative estimate of drug-likeness (QED) is 0.0553. The van der Waals surface area contributed by atoms with Crippen LogP contribution in [0.15, 0.2) is 4.99 Å². The predicted octanol–water partition coefficient (Wildman–Crippen LogP) is -1.82. The summed E-state index contributed by atoms with van der Waals surface area (Å²) in [5.41, 5.74) is 16.2. The van der Waals surface area contributed by atoms with E-state index in [1.54, 1.807) is 13.8 Å². The SMILES string of the molecule is CSCCC(NC(=O)C(N)CCC(=O)O)C(=O)NC(C(=O)NC(CCCN=C(N)N)C(=O)O)C(C)C. The van der Waals surface area contributed by atoms with Gasteiger partial charge in [0.1, 0.15) is 18.1 Å². The molecule has 36 heavy (non-hydrogen) atoms. The topological polar surface area (TPSA) is 252 Å². The van der Waals surface area contributed by atoms with Crippen molar-refractivity contribution in [2.45, 2.75) is 70.1 Å². The lowest BCUT2D eigenvalue weighted by Crippen LogP contribution is -2.58. The van der Waals surface area contributed by atoms with E-state index in [0.717, 1.165) is 0 Å². The van der Waals surface area contributed by atoms with E-state index >= 15 is 0 Å². The van der Waals surface area contributed by atoms with Gasteiger partial charge in [-0.15, -0.1) is 0 Å². The van der Waals surface area contributed by atoms with E-state index in [1.807, 2.05) is 6.26 Å². The van der Waals surface area contributed by atoms with Crippen molar-refractivity contribution in [1.82, 2.24) is 16.0 Å². The first-order chi connectivity index (χ1) is 16.8. The molecule has 0 bridgehead atoms. The van der Waals surface area contributed by atoms with Crippen LogP contribution in [0.5, 0.6) is 0 Å². The predicted molar refractivity (Wildman–Crippen MR) is 136 cm³/mol. The summed E-state index contributed by atoms with van der Waals surface area (Å²) in [5, 5.41) is 25.8. The monoisotopic (exact) mass is 533 g/mol. The van der Waals surface area contributed by atoms with Gasteiger partial charge in [-0.05, 0) is 43.6 Å². The second kappa shape index (κ2) is 17.4. The Morgan fingerprint density at radius 1 is 0.889 bits per heavy atom. The number of rotatable bonds is 18. The molecule has 0 aliphatic carbocycles. The molecule has 3 amide bonds. The summed E-state index contributed by atoms with van der Waals surface area (Å²) >= 11 is 1.44. The minimum Gasteiger partial charge on any atom is -0.481 e. The maximum Gasteiger partial charge on any atom is 0.326 e. The first kappa shape index (κ1) is 32.9. The molecule has 0 saturated heterocycles. The Labute approximate surface area is 214 Å². The molecular weight excluding hydrogens is 494 g/mol. The van der Waals surface area contributed by atoms with Crippen molar-refractivity contribution in [1.29, 1.82) is 0 Å². The number of nitrogens with one attached hydrogen (secondary N) is 3. The molecule has 0 radical (unpaired) electrons. The highest BCUT2D eigenvalue weighted by atomic mass is 32.2. The number of nitrogens with two attached hydrogens (primary N) is 3. The van der Waals surface area contributed by atoms with Crippen LogP contribution in [0.3, 0.4) is 0 Å². The molecule has 0 aliphatic rings. The van der Waals surface area contributed by atoms with Crippen molar-refractivity contribution in [2.75, 3.05) is 18.6 Å². The Hall–Kier alpha value is -3.07. The van der Waals surface area contributed by atoms with E-state index in [-0.39, 0.29) is 38.2 Å². The van der Waals surface area contributed by atoms with Crippen LogP contribution in [0.25, 0.3) is 0 Å². The van der Waals surface area contributed by atoms with Gasteiger partial charge in [-0.2, -0.15) is 11.8 Å². The maximum atomic E-state index is 13.0. The van der Waals surface area contributed by atoms with Crippen molar-refractivity contribution in [3.05, 3.63) is 0 Å². The van der Waals surface area contributed by atoms with Crippen LogP contribution in [0.4, 0.5) is 0 Å². The minimum absolute atomic E-state index is 0.0667. The summed E-state index contributed by atoms with van der Waals surface area (Å²) < 4.78 is 0. The van der Waals surface area contributed by atoms with Gasteiger partial charge >= 0.3 is 11.9 Å². The molecule has 206 valence electrons. The van der Waals surface area contributed by atoms with Crippen LogP contribution in [0.2, 0.25) is 0 Å². The largest absolute Gasteiger partial charge is 0.481 e. The summed E-state index contributed by atoms with van der Waals surface area (Å²) in [6.45, 7) is 3.55. The van der Waals surface area contributed by atoms with Crippen molar-refractivity contribution >= 4 is 47.4 Å². The van der Waals surface area contributed by atoms with Crippen LogP contribution in [0, 0.1) is 5.92 Å². The zero-order valence-corrected chi connectivity index (χ0v) is 21.7. The molecule has 0 heterocycles. The fraction of sp³-hybridized carbons (Fsp3) is 0.714. The number of hydrogen-bond acceptors (Lipinski definition) is 8. The Balaban J connectivity index is 5.32. The molecule has 0 saturated carbocycles. The van der Waals surface area contributed by atoms with E-state index in [1.165, 1.54) is 11.8 Å². The summed E-state index contributed by atoms with van der Waals surface area (Å²) in [7, 11) is 0. The second-order valence-electron chi connectivity index (χ2n) is 8.46. The van der Waals surface area contributed by atoms with Crippen LogP contribution < -0.4 is 33.2 Å². The Kier molecular flexibility index (Phi) is 15.9. The zero-order chi connectivity index (χ0) is 27.8. The van der Waals surface area contributed by atoms with E-state index in [9.17, 15) is 29.1 Å². The third-order valence-electron chi connectivity index (χ3n) is 5.06. The Morgan fingerprint density at radius 3 is 2.00 bits per heavy atom. The van der Waals surface area contributed by atoms with Crippen LogP contribution in [0.1, 0.15) is 46.0 Å². The van der Waals surface area contributed by atoms with Crippen molar-refractivity contribution in [3.8, 4) is 0 Å². The van der Waals surface area contributed by atoms with Gasteiger partial charge in [-0.25, -0.2) is 4.79 Å². The number of amides is 3. The van der Waals surface area contributed by atoms with Crippen molar-refractivity contribution in [2.24, 2.45) is 28.1 Å². The number of carbonyl (C=O) groups excluding carboxylic acids is 3. The number of carbonyl (C=O) groups is 5. The molecule has 0 fully saturated rings. The van der Waals surface area contributed by atoms with Gasteiger partial charge in [0.25, 0.3) is 0 Å². The summed E-state index contributed by atoms with van der Waals surface area (Å²) in [4.78, 5) is 64.3. The summed E-state index contributed by atoms with van der Waals surface area (Å²) in [6, 6.07) is -4.44. The Morgan fingerprint density at radius 2 is 1.50 bits per heavy atom. The third kappa shape index (κ3) is 13.7. The van der Waals surface area contributed by atoms with Gasteiger partial charge in [0.2, 0.25) is 17.7 Å². The van der Waals surface area contributed by atoms with E-state index < -0.39 is 59.7 Å². The number of thioether (sulfide) groups is 1. The molecule has 15 heteroatoms. The van der Waals surface area contributed by atoms with Crippen LogP contribution >= 0.6 is 11.8 Å². The normalized spacial score (nSPS) is 14.1. The molecule has 0 aromatic carbocycles. The zero-order valence-electron chi connectivity index (χ0n) is 20.9. The molecular formula is C21H39N7O7S. The average Bonchev–Trinajstić information content (AvgIpc) is 2.79. The molecule has 4 unspecified atom stereocenters. The molecule has 4 atom stereocenters. The molecule has 0 spiro atoms. The summed E-state index contributed by atoms with van der Waals surface area (Å²) in [5.74, 6) is -4.39. The van der Waals surface area contributed by atoms with E-state index in [4.69, 9.17) is 22.3 Å². The lowest BCUT2D eigenvalue weighted by Gasteiger charge is -2.27. The number of carboxylic acid groups (broad SMARTS) is 2. The molecule has 11 N–H and O–H groups in total. The highest BCUT2D eigenvalue weighted by Crippen LogP contribution is 2.08. The summed E-state index contributed by atoms with van der Waals surface area (Å²) in [6.07, 6.45) is 2.02. The molecule has 0 aromatic heterocycles. The van der Waals surface area contributed by atoms with Gasteiger partial charge in [-0.1, -0.05) is 13.8 Å². The number of aliphatic imine (C=N–C) groups is 1. The number of hydrogen-bond donors (Lipinski definition) is 8. The van der Waals surface area contributed by atoms with Crippen LogP contribution in [-0.2, 0) is 24.0 Å². The van der Waals surface area contributed by atoms with Gasteiger partial charge in [0, 0.05) is 13.0 Å². The third-order valence-corrected chi connectivity index (χ3v) is 5.70. The second-order valence-corrected chi connectivity index (χ2v) is 9.45. The molecule has 0 aliphatic heterocycles. The number of aliphatic carboxylic acids is 2. The fourth-order valence-corrected chi connectivity index (χ4v) is 3.48. The fourth-order valence-electron chi connectivity index (χ4n) is 3.00. The lowest BCUT2D eigenvalue weighted by molar-refractivity contribution is -0.143. The Bertz CT molecular complexity index is 791. The van der Waals surface area contributed by atoms with E-state index in [0.29, 0.717) is 12.2 Å². The van der Waals surface area contributed by atoms with Gasteiger partial charge in [-0.3, -0.25) is 24.2 Å². The molecule has 0 aromatic rings. The highest BCUT2D eigenvalue weighted by molar-refractivity contribution is 7.98. The average molecular weight is 534 g/mol. The molecule has 14 nitrogen and oxygen atoms in total. The first-order valence-corrected chi connectivity index (χ1v) is 12.8. The van der Waals surface area contributed by atoms with Crippen molar-refractivity contribution in [3.63, 3.8) is 0 Å². The van der Waals surface area contributed by atoms with Gasteiger partial charge in [0.05, 0.1) is 6.04 Å². The standard InChI is InChI=1S/C21H39N7O7S/c1-11(2)16(19(33)27-14(20(34)35)5-4-9-25-21(23)24)28-18(32)13(8-10-36-3)26-17(31)12(22)6-7-15(29)30/h11-14,16H,4-10,22H2,1-3H3,(H,26,31)(H,27,33)(H,28,32)(H,29,30)(H,34,35)(H4,23,24,25). The van der Waals surface area contributed by atoms with E-state index in [2.05, 4.69) is 20.9 Å². The first-order valence-electron chi connectivity index (χ1n) is 11.5. The van der Waals surface area contributed by atoms with Gasteiger partial charge in [0.15, 0.2) is 5.96 Å². The number of carboxylic acids is 2.